The number of benzene rings is 1. The molecule has 1 aromatic rings. The molecule has 0 aromatic heterocycles. The minimum absolute atomic E-state index is 0.00615. The second-order valence-corrected chi connectivity index (χ2v) is 9.39. The highest BCUT2D eigenvalue weighted by Crippen LogP contribution is 2.36. The van der Waals surface area contributed by atoms with E-state index >= 15 is 0 Å². The van der Waals surface area contributed by atoms with Gasteiger partial charge >= 0.3 is 0 Å². The molecule has 0 saturated carbocycles. The van der Waals surface area contributed by atoms with Crippen molar-refractivity contribution < 1.29 is 14.3 Å². The number of hydrogen-bond donors (Lipinski definition) is 0. The van der Waals surface area contributed by atoms with Crippen molar-refractivity contribution in [2.45, 2.75) is 44.0 Å². The number of carbonyl (C=O) groups excluding carboxylic acids is 1. The second-order valence-electron chi connectivity index (χ2n) is 7.27. The van der Waals surface area contributed by atoms with Gasteiger partial charge in [0.2, 0.25) is 0 Å². The molecule has 1 amide bonds. The molecule has 0 bridgehead atoms. The molecule has 1 atom stereocenters. The zero-order valence-corrected chi connectivity index (χ0v) is 17.0. The summed E-state index contributed by atoms with van der Waals surface area (Å²) in [5, 5.41) is 1.23. The Balaban J connectivity index is 1.82. The first kappa shape index (κ1) is 19.5. The maximum Gasteiger partial charge on any atom is 0.283 e. The van der Waals surface area contributed by atoms with E-state index in [4.69, 9.17) is 21.1 Å². The zero-order valence-electron chi connectivity index (χ0n) is 15.5. The molecule has 3 rings (SSSR count). The van der Waals surface area contributed by atoms with Crippen LogP contribution in [0.5, 0.6) is 5.75 Å². The van der Waals surface area contributed by atoms with Gasteiger partial charge in [-0.25, -0.2) is 0 Å². The Hall–Kier alpha value is -1.24. The standard InChI is InChI=1S/C19H25ClN2O3S/c1-19(2)12-22(11-14-6-4-5-9-25-14)18(26-19)21-17(23)15-10-13(20)7-8-16(15)24-3/h7-8,10,14H,4-6,9,11-12H2,1-3H3. The van der Waals surface area contributed by atoms with Gasteiger partial charge in [0.1, 0.15) is 5.75 Å². The van der Waals surface area contributed by atoms with Crippen molar-refractivity contribution in [3.63, 3.8) is 0 Å². The molecule has 5 nitrogen and oxygen atoms in total. The largest absolute Gasteiger partial charge is 0.496 e. The van der Waals surface area contributed by atoms with Crippen molar-refractivity contribution in [3.8, 4) is 5.75 Å². The first-order valence-electron chi connectivity index (χ1n) is 8.90. The molecular formula is C19H25ClN2O3S. The Kier molecular flexibility index (Phi) is 6.15. The van der Waals surface area contributed by atoms with Crippen LogP contribution in [0.2, 0.25) is 5.02 Å². The fraction of sp³-hybridized carbons (Fsp3) is 0.579. The van der Waals surface area contributed by atoms with Crippen LogP contribution < -0.4 is 4.74 Å². The van der Waals surface area contributed by atoms with Crippen LogP contribution in [0.25, 0.3) is 0 Å². The maximum absolute atomic E-state index is 12.8. The van der Waals surface area contributed by atoms with Crippen LogP contribution in [-0.4, -0.2) is 53.6 Å². The third kappa shape index (κ3) is 4.72. The van der Waals surface area contributed by atoms with E-state index in [1.807, 2.05) is 0 Å². The predicted molar refractivity (Wildman–Crippen MR) is 107 cm³/mol. The van der Waals surface area contributed by atoms with Crippen LogP contribution in [0.3, 0.4) is 0 Å². The quantitative estimate of drug-likeness (QED) is 0.761. The fourth-order valence-electron chi connectivity index (χ4n) is 3.30. The Morgan fingerprint density at radius 1 is 1.46 bits per heavy atom. The van der Waals surface area contributed by atoms with Crippen molar-refractivity contribution in [2.75, 3.05) is 26.8 Å². The number of rotatable bonds is 4. The third-order valence-corrected chi connectivity index (χ3v) is 5.95. The lowest BCUT2D eigenvalue weighted by Gasteiger charge is -2.28. The summed E-state index contributed by atoms with van der Waals surface area (Å²) in [6.45, 7) is 6.77. The molecular weight excluding hydrogens is 372 g/mol. The molecule has 2 fully saturated rings. The number of aliphatic imine (C=N–C) groups is 1. The van der Waals surface area contributed by atoms with Gasteiger partial charge in [-0.3, -0.25) is 4.79 Å². The normalized spacial score (nSPS) is 24.1. The molecule has 142 valence electrons. The Morgan fingerprint density at radius 2 is 2.27 bits per heavy atom. The monoisotopic (exact) mass is 396 g/mol. The van der Waals surface area contributed by atoms with Gasteiger partial charge in [0.15, 0.2) is 5.17 Å². The van der Waals surface area contributed by atoms with E-state index in [1.165, 1.54) is 13.5 Å². The van der Waals surface area contributed by atoms with E-state index in [9.17, 15) is 4.79 Å². The average molecular weight is 397 g/mol. The summed E-state index contributed by atoms with van der Waals surface area (Å²) in [4.78, 5) is 19.4. The fourth-order valence-corrected chi connectivity index (χ4v) is 4.58. The lowest BCUT2D eigenvalue weighted by Crippen LogP contribution is -2.38. The van der Waals surface area contributed by atoms with E-state index < -0.39 is 0 Å². The van der Waals surface area contributed by atoms with Crippen molar-refractivity contribution in [2.24, 2.45) is 4.99 Å². The number of hydrogen-bond acceptors (Lipinski definition) is 4. The van der Waals surface area contributed by atoms with Gasteiger partial charge in [-0.2, -0.15) is 4.99 Å². The molecule has 2 saturated heterocycles. The number of amidine groups is 1. The minimum Gasteiger partial charge on any atom is -0.496 e. The van der Waals surface area contributed by atoms with Gasteiger partial charge < -0.3 is 14.4 Å². The van der Waals surface area contributed by atoms with Gasteiger partial charge in [0.05, 0.1) is 18.8 Å². The van der Waals surface area contributed by atoms with Gasteiger partial charge in [-0.1, -0.05) is 23.4 Å². The summed E-state index contributed by atoms with van der Waals surface area (Å²) in [5.74, 6) is 0.146. The molecule has 2 heterocycles. The van der Waals surface area contributed by atoms with Crippen molar-refractivity contribution in [1.82, 2.24) is 4.90 Å². The molecule has 0 aliphatic carbocycles. The van der Waals surface area contributed by atoms with Crippen molar-refractivity contribution in [3.05, 3.63) is 28.8 Å². The molecule has 1 unspecified atom stereocenters. The lowest BCUT2D eigenvalue weighted by atomic mass is 10.1. The summed E-state index contributed by atoms with van der Waals surface area (Å²) in [6, 6.07) is 4.99. The summed E-state index contributed by atoms with van der Waals surface area (Å²) >= 11 is 7.68. The lowest BCUT2D eigenvalue weighted by molar-refractivity contribution is 0.00486. The topological polar surface area (TPSA) is 51.1 Å². The molecule has 7 heteroatoms. The Morgan fingerprint density at radius 3 is 2.96 bits per heavy atom. The van der Waals surface area contributed by atoms with Crippen LogP contribution >= 0.6 is 23.4 Å². The van der Waals surface area contributed by atoms with Gasteiger partial charge in [0, 0.05) is 29.5 Å². The van der Waals surface area contributed by atoms with E-state index in [0.717, 1.165) is 37.7 Å². The number of ether oxygens (including phenoxy) is 2. The highest BCUT2D eigenvalue weighted by atomic mass is 35.5. The van der Waals surface area contributed by atoms with E-state index in [2.05, 4.69) is 23.7 Å². The third-order valence-electron chi connectivity index (χ3n) is 4.50. The van der Waals surface area contributed by atoms with Gasteiger partial charge in [0.25, 0.3) is 5.91 Å². The molecule has 0 radical (unpaired) electrons. The van der Waals surface area contributed by atoms with E-state index in [-0.39, 0.29) is 16.8 Å². The Bertz CT molecular complexity index is 702. The number of amides is 1. The highest BCUT2D eigenvalue weighted by molar-refractivity contribution is 8.15. The van der Waals surface area contributed by atoms with Crippen LogP contribution in [0, 0.1) is 0 Å². The van der Waals surface area contributed by atoms with Crippen LogP contribution in [-0.2, 0) is 4.74 Å². The Labute approximate surface area is 164 Å². The second kappa shape index (κ2) is 8.19. The molecule has 26 heavy (non-hydrogen) atoms. The van der Waals surface area contributed by atoms with Gasteiger partial charge in [-0.05, 0) is 51.3 Å². The number of halogens is 1. The van der Waals surface area contributed by atoms with Crippen molar-refractivity contribution >= 4 is 34.4 Å². The van der Waals surface area contributed by atoms with Crippen LogP contribution in [0.4, 0.5) is 0 Å². The first-order chi connectivity index (χ1) is 12.4. The minimum atomic E-state index is -0.334. The maximum atomic E-state index is 12.8. The summed E-state index contributed by atoms with van der Waals surface area (Å²) < 4.78 is 11.2. The van der Waals surface area contributed by atoms with Gasteiger partial charge in [-0.15, -0.1) is 0 Å². The zero-order chi connectivity index (χ0) is 18.7. The van der Waals surface area contributed by atoms with E-state index in [1.54, 1.807) is 30.0 Å². The smallest absolute Gasteiger partial charge is 0.283 e. The predicted octanol–water partition coefficient (Wildman–Crippen LogP) is 4.24. The molecule has 1 aromatic carbocycles. The highest BCUT2D eigenvalue weighted by Gasteiger charge is 2.37. The van der Waals surface area contributed by atoms with Crippen LogP contribution in [0.1, 0.15) is 43.5 Å². The van der Waals surface area contributed by atoms with Crippen LogP contribution in [0.15, 0.2) is 23.2 Å². The average Bonchev–Trinajstić information content (AvgIpc) is 2.89. The van der Waals surface area contributed by atoms with Crippen molar-refractivity contribution in [1.29, 1.82) is 0 Å². The van der Waals surface area contributed by atoms with E-state index in [0.29, 0.717) is 16.3 Å². The summed E-state index contributed by atoms with van der Waals surface area (Å²) in [5.41, 5.74) is 0.381. The molecule has 2 aliphatic heterocycles. The number of thioether (sulfide) groups is 1. The number of methoxy groups -OCH3 is 1. The number of nitrogens with zero attached hydrogens (tertiary/aromatic N) is 2. The first-order valence-corrected chi connectivity index (χ1v) is 10.1. The number of carbonyl (C=O) groups is 1. The summed E-state index contributed by atoms with van der Waals surface area (Å²) in [6.07, 6.45) is 3.59. The summed E-state index contributed by atoms with van der Waals surface area (Å²) in [7, 11) is 1.54. The molecule has 0 N–H and O–H groups in total. The SMILES string of the molecule is COc1ccc(Cl)cc1C(=O)N=C1SC(C)(C)CN1CC1CCCCO1. The molecule has 2 aliphatic rings. The molecule has 0 spiro atoms.